The first-order valence-electron chi connectivity index (χ1n) is 51.4. The molecule has 26 nitrogen and oxygen atoms in total. The van der Waals surface area contributed by atoms with Crippen LogP contribution in [0.2, 0.25) is 0 Å². The summed E-state index contributed by atoms with van der Waals surface area (Å²) in [6, 6.07) is 58.9. The number of carbonyl (C=O) groups excluding carboxylic acids is 8. The number of aromatic amines is 2. The number of anilines is 6. The van der Waals surface area contributed by atoms with Gasteiger partial charge in [-0.1, -0.05) is 207 Å². The lowest BCUT2D eigenvalue weighted by Gasteiger charge is -2.18. The molecular formula is C118H138N12O14. The van der Waals surface area contributed by atoms with Crippen LogP contribution < -0.4 is 71.0 Å². The minimum atomic E-state index is -0.665. The summed E-state index contributed by atoms with van der Waals surface area (Å²) in [5.74, 6) is -0.776. The summed E-state index contributed by atoms with van der Waals surface area (Å²) < 4.78 is 38.5. The second-order valence-corrected chi connectivity index (χ2v) is 37.2. The Morgan fingerprint density at radius 1 is 0.278 bits per heavy atom. The van der Waals surface area contributed by atoms with Crippen LogP contribution in [0.1, 0.15) is 275 Å². The Balaban J connectivity index is 0.905. The van der Waals surface area contributed by atoms with Gasteiger partial charge in [0.1, 0.15) is 34.5 Å². The van der Waals surface area contributed by atoms with Crippen molar-refractivity contribution in [1.82, 2.24) is 30.6 Å². The third kappa shape index (κ3) is 30.5. The van der Waals surface area contributed by atoms with Crippen molar-refractivity contribution in [2.75, 3.05) is 84.6 Å². The highest BCUT2D eigenvalue weighted by Gasteiger charge is 2.29. The maximum absolute atomic E-state index is 15.5. The molecule has 5 heterocycles. The number of nitrogens with one attached hydrogen (secondary N) is 10. The highest BCUT2D eigenvalue weighted by atomic mass is 16.5. The lowest BCUT2D eigenvalue weighted by Crippen LogP contribution is -2.33. The number of hydrogen-bond acceptors (Lipinski definition) is 16. The van der Waals surface area contributed by atoms with E-state index < -0.39 is 48.5 Å². The van der Waals surface area contributed by atoms with Crippen molar-refractivity contribution in [3.8, 4) is 79.0 Å². The Kier molecular flexibility index (Phi) is 40.0. The smallest absolute Gasteiger partial charge is 0.259 e. The summed E-state index contributed by atoms with van der Waals surface area (Å²) in [6.45, 7) is 22.4. The maximum atomic E-state index is 15.5. The molecule has 11 aromatic rings. The van der Waals surface area contributed by atoms with Gasteiger partial charge in [-0.05, 0) is 231 Å². The molecule has 754 valence electrons. The lowest BCUT2D eigenvalue weighted by molar-refractivity contribution is -0.117. The van der Waals surface area contributed by atoms with Crippen molar-refractivity contribution in [2.45, 2.75) is 210 Å². The first-order valence-corrected chi connectivity index (χ1v) is 51.4. The van der Waals surface area contributed by atoms with Crippen LogP contribution in [0.25, 0.3) is 90.9 Å². The van der Waals surface area contributed by atoms with E-state index in [0.29, 0.717) is 176 Å². The Morgan fingerprint density at radius 2 is 0.562 bits per heavy atom. The summed E-state index contributed by atoms with van der Waals surface area (Å²) in [5, 5.41) is 23.4. The van der Waals surface area contributed by atoms with Gasteiger partial charge in [-0.3, -0.25) is 38.4 Å². The fraction of sp³-hybridized carbons (Fsp3) is 0.356. The number of H-pyrrole nitrogens is 2. The summed E-state index contributed by atoms with van der Waals surface area (Å²) in [6.07, 6.45) is 25.8. The average molecular weight is 1950 g/mol. The third-order valence-electron chi connectivity index (χ3n) is 24.6. The maximum Gasteiger partial charge on any atom is 0.259 e. The number of carbonyl (C=O) groups is 8. The minimum Gasteiger partial charge on any atom is -0.494 e. The Bertz CT molecular complexity index is 6140. The molecule has 0 fully saturated rings. The first kappa shape index (κ1) is 106. The molecule has 8 aromatic carbocycles. The molecular weight excluding hydrogens is 1810 g/mol. The molecule has 2 aliphatic heterocycles. The van der Waals surface area contributed by atoms with Gasteiger partial charge in [0, 0.05) is 103 Å². The third-order valence-corrected chi connectivity index (χ3v) is 24.6. The van der Waals surface area contributed by atoms with Crippen LogP contribution in [0.3, 0.4) is 0 Å². The van der Waals surface area contributed by atoms with Crippen LogP contribution >= 0.6 is 0 Å². The van der Waals surface area contributed by atoms with Crippen LogP contribution in [-0.2, 0) is 19.2 Å². The number of rotatable bonds is 54. The van der Waals surface area contributed by atoms with Gasteiger partial charge in [-0.25, -0.2) is 9.97 Å². The fourth-order valence-corrected chi connectivity index (χ4v) is 16.8. The molecule has 8 amide bonds. The molecule has 13 rings (SSSR count). The highest BCUT2D eigenvalue weighted by molar-refractivity contribution is 6.12. The standard InChI is InChI=1S/C118H138N12O14/c1-11-17-23-41-107(131)121-85-37-31-39-87(69-85)123-109(133)75-119-115(135)91-71-93(105(143-63-27-21-15-5)73-103(91)141-61-25-19-13-3)117(137)125-83-35-29-33-81(67-83)113-99-55-51-95(127-99)111(79-43-47-89(48-44-79)139-65-59-77(7)8)97-53-57-101(129-97)114(102-58-54-98(130-102)112(96-52-56-100(113)128-96)80-45-49-90(50-46-80)140-66-60-78(9)10)82-34-30-36-84(68-82)126-118(138)94-72-92(104(142-62-26-20-14-4)74-106(94)144-64-28-22-16-6)116(136)120-76-110(134)124-88-40-32-38-86(70-88)122-108(132)42-24-18-12-2/h29-40,43-58,67-74,77-78,127,130H,11-28,41-42,59-66,75-76H2,1-10H3,(H,119,135)(H,120,136)(H,121,131)(H,122,132)(H,123,133)(H,124,134)(H,125,137)(H,126,138). The van der Waals surface area contributed by atoms with E-state index in [2.05, 4.69) is 122 Å². The van der Waals surface area contributed by atoms with E-state index in [1.807, 2.05) is 133 Å². The van der Waals surface area contributed by atoms with Crippen LogP contribution in [-0.4, -0.2) is 120 Å². The molecule has 0 spiro atoms. The quantitative estimate of drug-likeness (QED) is 0.0158. The zero-order valence-corrected chi connectivity index (χ0v) is 84.8. The molecule has 0 unspecified atom stereocenters. The van der Waals surface area contributed by atoms with Gasteiger partial charge in [0.05, 0.1) is 97.8 Å². The Labute approximate surface area is 845 Å². The Morgan fingerprint density at radius 3 is 0.875 bits per heavy atom. The predicted molar refractivity (Wildman–Crippen MR) is 580 cm³/mol. The molecule has 2 aliphatic rings. The predicted octanol–water partition coefficient (Wildman–Crippen LogP) is 26.7. The SMILES string of the molecule is CCCCCOc1cc(OCCCCC)c(C(=O)Nc2cccc(-c3c4nc(c(-c5ccc(OCCC(C)C)cc5)c5ccc([nH]5)c(-c5cccc(NC(=O)c6cc(C(=O)NCC(=O)Nc7cccc(NC(=O)CCCCC)c7)c(OCCCCC)cc6OCCCCC)c5)c5nc(c(-c6ccc(OCCC(C)C)cc6)c6ccc3[nH]6)C=C5)C=C4)c2)cc1C(=O)NCC(=O)Nc1cccc(NC(=O)CCCCC)c1. The lowest BCUT2D eigenvalue weighted by atomic mass is 10.0. The van der Waals surface area contributed by atoms with Crippen molar-refractivity contribution >= 4 is 128 Å². The summed E-state index contributed by atoms with van der Waals surface area (Å²) in [4.78, 5) is 132. The number of aromatic nitrogens is 4. The number of benzene rings is 8. The van der Waals surface area contributed by atoms with E-state index in [0.717, 1.165) is 125 Å². The summed E-state index contributed by atoms with van der Waals surface area (Å²) in [5.41, 5.74) is 13.7. The van der Waals surface area contributed by atoms with E-state index in [9.17, 15) is 28.8 Å². The molecule has 10 N–H and O–H groups in total. The van der Waals surface area contributed by atoms with E-state index in [1.165, 1.54) is 12.1 Å². The van der Waals surface area contributed by atoms with Gasteiger partial charge >= 0.3 is 0 Å². The normalized spacial score (nSPS) is 11.4. The fourth-order valence-electron chi connectivity index (χ4n) is 16.8. The van der Waals surface area contributed by atoms with Crippen LogP contribution in [0, 0.1) is 11.8 Å². The van der Waals surface area contributed by atoms with Gasteiger partial charge in [0.25, 0.3) is 23.6 Å². The van der Waals surface area contributed by atoms with Crippen molar-refractivity contribution in [3.63, 3.8) is 0 Å². The Hall–Kier alpha value is -15.1. The molecule has 0 saturated carbocycles. The number of amides is 8. The largest absolute Gasteiger partial charge is 0.494 e. The van der Waals surface area contributed by atoms with Crippen molar-refractivity contribution in [3.05, 3.63) is 239 Å². The summed E-state index contributed by atoms with van der Waals surface area (Å²) >= 11 is 0. The highest BCUT2D eigenvalue weighted by Crippen LogP contribution is 2.43. The second-order valence-electron chi connectivity index (χ2n) is 37.2. The van der Waals surface area contributed by atoms with Crippen LogP contribution in [0.5, 0.6) is 34.5 Å². The zero-order valence-electron chi connectivity index (χ0n) is 84.8. The van der Waals surface area contributed by atoms with E-state index in [4.69, 9.17) is 38.4 Å². The molecule has 8 bridgehead atoms. The minimum absolute atomic E-state index is 0.0150. The molecule has 0 aliphatic carbocycles. The average Bonchev–Trinajstić information content (AvgIpc) is 1.60. The van der Waals surface area contributed by atoms with Crippen LogP contribution in [0.15, 0.2) is 194 Å². The van der Waals surface area contributed by atoms with Crippen molar-refractivity contribution in [2.24, 2.45) is 11.8 Å². The first-order chi connectivity index (χ1) is 70.0. The van der Waals surface area contributed by atoms with Gasteiger partial charge in [-0.15, -0.1) is 0 Å². The van der Waals surface area contributed by atoms with Gasteiger partial charge in [0.15, 0.2) is 0 Å². The monoisotopic (exact) mass is 1950 g/mol. The zero-order chi connectivity index (χ0) is 102. The van der Waals surface area contributed by atoms with E-state index in [1.54, 1.807) is 72.8 Å². The summed E-state index contributed by atoms with van der Waals surface area (Å²) in [7, 11) is 0. The number of unbranched alkanes of at least 4 members (excludes halogenated alkanes) is 12. The van der Waals surface area contributed by atoms with Crippen LogP contribution in [0.4, 0.5) is 34.1 Å². The van der Waals surface area contributed by atoms with Gasteiger partial charge < -0.3 is 80.9 Å². The van der Waals surface area contributed by atoms with Crippen molar-refractivity contribution < 1.29 is 66.8 Å². The molecule has 0 radical (unpaired) electrons. The molecule has 0 saturated heterocycles. The topological polar surface area (TPSA) is 346 Å². The number of fused-ring (bicyclic) bond motifs is 8. The van der Waals surface area contributed by atoms with E-state index >= 15 is 9.59 Å². The molecule has 26 heteroatoms. The number of hydrogen-bond donors (Lipinski definition) is 10. The molecule has 3 aromatic heterocycles. The molecule has 144 heavy (non-hydrogen) atoms. The van der Waals surface area contributed by atoms with E-state index in [-0.39, 0.29) is 83.5 Å². The number of nitrogens with zero attached hydrogens (tertiary/aromatic N) is 2. The second kappa shape index (κ2) is 54.2. The molecule has 0 atom stereocenters. The van der Waals surface area contributed by atoms with Gasteiger partial charge in [0.2, 0.25) is 23.6 Å². The van der Waals surface area contributed by atoms with Gasteiger partial charge in [-0.2, -0.15) is 0 Å². The van der Waals surface area contributed by atoms with Crippen molar-refractivity contribution in [1.29, 1.82) is 0 Å². The number of ether oxygens (including phenoxy) is 6.